The summed E-state index contributed by atoms with van der Waals surface area (Å²) in [7, 11) is 1.57. The Kier molecular flexibility index (Phi) is 5.49. The second-order valence-electron chi connectivity index (χ2n) is 3.87. The maximum absolute atomic E-state index is 11.0. The Balaban J connectivity index is 2.23. The van der Waals surface area contributed by atoms with Crippen LogP contribution in [0.1, 0.15) is 0 Å². The van der Waals surface area contributed by atoms with Gasteiger partial charge in [-0.1, -0.05) is 12.1 Å². The zero-order valence-electron chi connectivity index (χ0n) is 10.8. The third kappa shape index (κ3) is 3.69. The second-order valence-corrected chi connectivity index (χ2v) is 6.37. The van der Waals surface area contributed by atoms with E-state index in [-0.39, 0.29) is 5.69 Å². The van der Waals surface area contributed by atoms with Crippen molar-refractivity contribution in [2.24, 2.45) is 0 Å². The lowest BCUT2D eigenvalue weighted by molar-refractivity contribution is -0.387. The number of hydrogen-bond acceptors (Lipinski definition) is 5. The lowest BCUT2D eigenvalue weighted by Crippen LogP contribution is -1.95. The van der Waals surface area contributed by atoms with Crippen LogP contribution in [-0.4, -0.2) is 12.0 Å². The molecule has 2 aromatic carbocycles. The lowest BCUT2D eigenvalue weighted by atomic mass is 10.3. The molecule has 0 amide bonds. The zero-order valence-corrected chi connectivity index (χ0v) is 14.8. The number of nitro groups is 1. The molecule has 0 bridgehead atoms. The molecule has 110 valence electrons. The van der Waals surface area contributed by atoms with Gasteiger partial charge in [-0.2, -0.15) is 0 Å². The van der Waals surface area contributed by atoms with E-state index in [0.29, 0.717) is 10.6 Å². The van der Waals surface area contributed by atoms with Crippen molar-refractivity contribution in [2.45, 2.75) is 4.90 Å². The maximum atomic E-state index is 11.0. The van der Waals surface area contributed by atoms with E-state index < -0.39 is 4.92 Å². The number of nitrogens with one attached hydrogen (secondary N) is 1. The van der Waals surface area contributed by atoms with Crippen LogP contribution in [0.2, 0.25) is 0 Å². The minimum absolute atomic E-state index is 0.0650. The van der Waals surface area contributed by atoms with Crippen LogP contribution >= 0.6 is 43.8 Å². The van der Waals surface area contributed by atoms with Gasteiger partial charge in [0.25, 0.3) is 5.69 Å². The number of nitro benzene ring substituents is 1. The Labute approximate surface area is 142 Å². The monoisotopic (exact) mass is 432 g/mol. The normalized spacial score (nSPS) is 10.2. The number of hydrogen-bond donors (Lipinski definition) is 1. The fraction of sp³-hybridized carbons (Fsp3) is 0.0769. The molecule has 2 rings (SSSR count). The Morgan fingerprint density at radius 3 is 2.62 bits per heavy atom. The largest absolute Gasteiger partial charge is 0.494 e. The van der Waals surface area contributed by atoms with Crippen molar-refractivity contribution in [1.29, 1.82) is 0 Å². The van der Waals surface area contributed by atoms with Gasteiger partial charge < -0.3 is 9.46 Å². The van der Waals surface area contributed by atoms with Crippen molar-refractivity contribution in [3.63, 3.8) is 0 Å². The highest BCUT2D eigenvalue weighted by Gasteiger charge is 2.15. The number of rotatable bonds is 5. The van der Waals surface area contributed by atoms with E-state index in [9.17, 15) is 10.1 Å². The third-order valence-electron chi connectivity index (χ3n) is 2.59. The molecule has 2 aromatic rings. The van der Waals surface area contributed by atoms with Crippen LogP contribution in [0.15, 0.2) is 50.2 Å². The van der Waals surface area contributed by atoms with Gasteiger partial charge in [-0.15, -0.1) is 0 Å². The van der Waals surface area contributed by atoms with E-state index in [1.807, 2.05) is 12.1 Å². The maximum Gasteiger partial charge on any atom is 0.284 e. The predicted molar refractivity (Wildman–Crippen MR) is 91.0 cm³/mol. The Bertz CT molecular complexity index is 682. The number of benzene rings is 2. The van der Waals surface area contributed by atoms with Crippen molar-refractivity contribution in [2.75, 3.05) is 11.8 Å². The summed E-state index contributed by atoms with van der Waals surface area (Å²) in [6, 6.07) is 10.3. The van der Waals surface area contributed by atoms with E-state index in [0.717, 1.165) is 14.6 Å². The van der Waals surface area contributed by atoms with Crippen LogP contribution in [0.3, 0.4) is 0 Å². The Morgan fingerprint density at radius 1 is 1.24 bits per heavy atom. The number of anilines is 1. The summed E-state index contributed by atoms with van der Waals surface area (Å²) >= 11 is 8.01. The highest BCUT2D eigenvalue weighted by Crippen LogP contribution is 2.40. The first kappa shape index (κ1) is 16.1. The molecule has 1 N–H and O–H groups in total. The molecule has 0 fully saturated rings. The standard InChI is InChI=1S/C13H10Br2N2O3S/c1-20-13-8(14)6-7-9(12(13)15)16-21-11-5-3-2-4-10(11)17(18)19/h2-7,16H,1H3. The molecule has 0 saturated carbocycles. The van der Waals surface area contributed by atoms with Crippen molar-refractivity contribution in [3.8, 4) is 5.75 Å². The molecule has 0 aliphatic heterocycles. The first-order valence-corrected chi connectivity index (χ1v) is 8.13. The average molecular weight is 434 g/mol. The topological polar surface area (TPSA) is 64.4 Å². The smallest absolute Gasteiger partial charge is 0.284 e. The van der Waals surface area contributed by atoms with Crippen LogP contribution in [0, 0.1) is 10.1 Å². The number of nitrogens with zero attached hydrogens (tertiary/aromatic N) is 1. The highest BCUT2D eigenvalue weighted by molar-refractivity contribution is 9.11. The van der Waals surface area contributed by atoms with E-state index in [4.69, 9.17) is 4.74 Å². The van der Waals surface area contributed by atoms with E-state index in [2.05, 4.69) is 36.6 Å². The summed E-state index contributed by atoms with van der Waals surface area (Å²) in [4.78, 5) is 11.1. The van der Waals surface area contributed by atoms with Gasteiger partial charge in [0.1, 0.15) is 10.6 Å². The molecule has 8 heteroatoms. The molecule has 0 heterocycles. The Hall–Kier alpha value is -1.25. The molecular formula is C13H10Br2N2O3S. The lowest BCUT2D eigenvalue weighted by Gasteiger charge is -2.12. The molecule has 5 nitrogen and oxygen atoms in total. The average Bonchev–Trinajstić information content (AvgIpc) is 2.47. The molecule has 0 spiro atoms. The van der Waals surface area contributed by atoms with Crippen LogP contribution in [-0.2, 0) is 0 Å². The summed E-state index contributed by atoms with van der Waals surface area (Å²) in [5.41, 5.74) is 0.827. The van der Waals surface area contributed by atoms with Gasteiger partial charge in [-0.3, -0.25) is 10.1 Å². The SMILES string of the molecule is COc1c(Br)ccc(NSc2ccccc2[N+](=O)[O-])c1Br. The number of para-hydroxylation sites is 1. The number of methoxy groups -OCH3 is 1. The minimum Gasteiger partial charge on any atom is -0.494 e. The fourth-order valence-electron chi connectivity index (χ4n) is 1.60. The third-order valence-corrected chi connectivity index (χ3v) is 4.88. The van der Waals surface area contributed by atoms with Crippen molar-refractivity contribution < 1.29 is 9.66 Å². The molecule has 0 radical (unpaired) electrons. The van der Waals surface area contributed by atoms with Gasteiger partial charge in [0.2, 0.25) is 0 Å². The van der Waals surface area contributed by atoms with E-state index in [1.165, 1.54) is 18.0 Å². The second kappa shape index (κ2) is 7.15. The first-order valence-electron chi connectivity index (χ1n) is 5.73. The van der Waals surface area contributed by atoms with Crippen molar-refractivity contribution in [1.82, 2.24) is 0 Å². The van der Waals surface area contributed by atoms with Gasteiger partial charge in [-0.05, 0) is 62.0 Å². The summed E-state index contributed by atoms with van der Waals surface area (Å²) in [6.45, 7) is 0. The molecule has 21 heavy (non-hydrogen) atoms. The molecule has 0 aliphatic rings. The van der Waals surface area contributed by atoms with Crippen LogP contribution < -0.4 is 9.46 Å². The first-order chi connectivity index (χ1) is 10.0. The highest BCUT2D eigenvalue weighted by atomic mass is 79.9. The van der Waals surface area contributed by atoms with Gasteiger partial charge in [-0.25, -0.2) is 0 Å². The van der Waals surface area contributed by atoms with E-state index >= 15 is 0 Å². The molecule has 0 unspecified atom stereocenters. The fourth-order valence-corrected chi connectivity index (χ4v) is 3.88. The minimum atomic E-state index is -0.402. The Morgan fingerprint density at radius 2 is 1.95 bits per heavy atom. The predicted octanol–water partition coefficient (Wildman–Crippen LogP) is 5.25. The summed E-state index contributed by atoms with van der Waals surface area (Å²) in [5.74, 6) is 0.656. The van der Waals surface area contributed by atoms with Gasteiger partial charge in [0.05, 0.1) is 26.7 Å². The quantitative estimate of drug-likeness (QED) is 0.396. The van der Waals surface area contributed by atoms with Crippen LogP contribution in [0.25, 0.3) is 0 Å². The molecule has 0 saturated heterocycles. The summed E-state index contributed by atoms with van der Waals surface area (Å²) in [6.07, 6.45) is 0. The van der Waals surface area contributed by atoms with Crippen molar-refractivity contribution in [3.05, 3.63) is 55.5 Å². The number of ether oxygens (including phenoxy) is 1. The van der Waals surface area contributed by atoms with Gasteiger partial charge in [0, 0.05) is 6.07 Å². The molecule has 0 aliphatic carbocycles. The molecule has 0 aromatic heterocycles. The van der Waals surface area contributed by atoms with Gasteiger partial charge >= 0.3 is 0 Å². The summed E-state index contributed by atoms with van der Waals surface area (Å²) in [5, 5.41) is 11.0. The van der Waals surface area contributed by atoms with Crippen LogP contribution in [0.4, 0.5) is 11.4 Å². The van der Waals surface area contributed by atoms with E-state index in [1.54, 1.807) is 25.3 Å². The summed E-state index contributed by atoms with van der Waals surface area (Å²) < 4.78 is 9.93. The van der Waals surface area contributed by atoms with Gasteiger partial charge in [0.15, 0.2) is 0 Å². The van der Waals surface area contributed by atoms with Crippen LogP contribution in [0.5, 0.6) is 5.75 Å². The molecule has 0 atom stereocenters. The molecular weight excluding hydrogens is 424 g/mol. The van der Waals surface area contributed by atoms with Crippen molar-refractivity contribution >= 4 is 55.2 Å². The number of halogens is 2. The zero-order chi connectivity index (χ0) is 15.4.